The molecule has 1 heterocycles. The van der Waals surface area contributed by atoms with Crippen LogP contribution in [-0.4, -0.2) is 40.5 Å². The van der Waals surface area contributed by atoms with Crippen LogP contribution in [0.4, 0.5) is 15.8 Å². The first-order valence-corrected chi connectivity index (χ1v) is 11.8. The van der Waals surface area contributed by atoms with E-state index in [1.807, 2.05) is 12.2 Å². The van der Waals surface area contributed by atoms with Crippen LogP contribution < -0.4 is 10.1 Å². The zero-order chi connectivity index (χ0) is 25.6. The molecule has 2 aromatic rings. The van der Waals surface area contributed by atoms with Crippen molar-refractivity contribution in [2.75, 3.05) is 11.9 Å². The molecule has 4 atom stereocenters. The van der Waals surface area contributed by atoms with Gasteiger partial charge in [-0.2, -0.15) is 10.1 Å². The number of amides is 3. The fourth-order valence-electron chi connectivity index (χ4n) is 5.01. The molecular weight excluding hydrogens is 539 g/mol. The number of carbonyl (C=O) groups is 3. The van der Waals surface area contributed by atoms with E-state index in [1.54, 1.807) is 0 Å². The van der Waals surface area contributed by atoms with Gasteiger partial charge in [0.25, 0.3) is 17.7 Å². The van der Waals surface area contributed by atoms with Crippen LogP contribution in [-0.2, 0) is 14.4 Å². The lowest BCUT2D eigenvalue weighted by molar-refractivity contribution is -0.385. The Morgan fingerprint density at radius 3 is 2.56 bits per heavy atom. The summed E-state index contributed by atoms with van der Waals surface area (Å²) in [6.07, 6.45) is 5.83. The first-order chi connectivity index (χ1) is 17.2. The number of hydrogen-bond donors (Lipinski definition) is 1. The van der Waals surface area contributed by atoms with E-state index < -0.39 is 52.6 Å². The van der Waals surface area contributed by atoms with E-state index in [1.165, 1.54) is 30.3 Å². The zero-order valence-electron chi connectivity index (χ0n) is 18.5. The fourth-order valence-corrected chi connectivity index (χ4v) is 5.47. The predicted octanol–water partition coefficient (Wildman–Crippen LogP) is 3.65. The van der Waals surface area contributed by atoms with Crippen LogP contribution in [0.25, 0.3) is 0 Å². The van der Waals surface area contributed by atoms with Crippen LogP contribution in [0.5, 0.6) is 5.75 Å². The fraction of sp³-hybridized carbons (Fsp3) is 0.250. The number of nitrogens with one attached hydrogen (secondary N) is 1. The summed E-state index contributed by atoms with van der Waals surface area (Å²) in [7, 11) is 0. The summed E-state index contributed by atoms with van der Waals surface area (Å²) in [5.41, 5.74) is -0.188. The number of fused-ring (bicyclic) bond motifs is 5. The van der Waals surface area contributed by atoms with Crippen molar-refractivity contribution in [2.24, 2.45) is 28.8 Å². The summed E-state index contributed by atoms with van der Waals surface area (Å²) in [6.45, 7) is -0.624. The van der Waals surface area contributed by atoms with E-state index in [4.69, 9.17) is 4.74 Å². The number of allylic oxidation sites excluding steroid dienone is 2. The molecule has 1 aliphatic heterocycles. The van der Waals surface area contributed by atoms with Crippen molar-refractivity contribution in [3.63, 3.8) is 0 Å². The topological polar surface area (TPSA) is 131 Å². The SMILES string of the molecule is O=C(COc1c(C=NN2C(=O)[C@@H]3[C@H](C2=O)[C@H]2C=C[C@H]3C2)cc(Br)cc1[N+](=O)[O-])Nc1cccc(F)c1. The summed E-state index contributed by atoms with van der Waals surface area (Å²) in [6, 6.07) is 7.86. The van der Waals surface area contributed by atoms with E-state index in [9.17, 15) is 28.9 Å². The summed E-state index contributed by atoms with van der Waals surface area (Å²) in [5.74, 6) is -3.16. The van der Waals surface area contributed by atoms with Gasteiger partial charge in [0.1, 0.15) is 5.82 Å². The Hall–Kier alpha value is -3.93. The van der Waals surface area contributed by atoms with Gasteiger partial charge in [-0.25, -0.2) is 4.39 Å². The average Bonchev–Trinajstić information content (AvgIpc) is 3.50. The largest absolute Gasteiger partial charge is 0.476 e. The monoisotopic (exact) mass is 556 g/mol. The second-order valence-corrected chi connectivity index (χ2v) is 9.60. The molecular formula is C24H18BrFN4O6. The molecule has 0 radical (unpaired) electrons. The van der Waals surface area contributed by atoms with Crippen LogP contribution in [0.1, 0.15) is 12.0 Å². The normalized spacial score (nSPS) is 24.0. The molecule has 2 bridgehead atoms. The van der Waals surface area contributed by atoms with E-state index in [0.717, 1.165) is 23.7 Å². The second kappa shape index (κ2) is 9.26. The van der Waals surface area contributed by atoms with Gasteiger partial charge < -0.3 is 10.1 Å². The molecule has 12 heteroatoms. The van der Waals surface area contributed by atoms with Gasteiger partial charge in [-0.05, 0) is 42.5 Å². The minimum absolute atomic E-state index is 0.0131. The van der Waals surface area contributed by atoms with E-state index >= 15 is 0 Å². The van der Waals surface area contributed by atoms with E-state index in [-0.39, 0.29) is 28.8 Å². The van der Waals surface area contributed by atoms with Crippen molar-refractivity contribution in [1.82, 2.24) is 5.01 Å². The quantitative estimate of drug-likeness (QED) is 0.182. The number of imide groups is 1. The highest BCUT2D eigenvalue weighted by atomic mass is 79.9. The lowest BCUT2D eigenvalue weighted by Gasteiger charge is -2.13. The Bertz CT molecular complexity index is 1330. The molecule has 0 unspecified atom stereocenters. The molecule has 36 heavy (non-hydrogen) atoms. The molecule has 1 saturated heterocycles. The van der Waals surface area contributed by atoms with Crippen LogP contribution in [0.2, 0.25) is 0 Å². The molecule has 3 amide bonds. The summed E-state index contributed by atoms with van der Waals surface area (Å²) >= 11 is 3.20. The van der Waals surface area contributed by atoms with Gasteiger partial charge in [-0.1, -0.05) is 34.1 Å². The Kier molecular flexibility index (Phi) is 6.12. The second-order valence-electron chi connectivity index (χ2n) is 8.68. The third-order valence-corrected chi connectivity index (χ3v) is 6.93. The number of rotatable bonds is 7. The Morgan fingerprint density at radius 2 is 1.92 bits per heavy atom. The average molecular weight is 557 g/mol. The molecule has 184 valence electrons. The van der Waals surface area contributed by atoms with E-state index in [0.29, 0.717) is 4.47 Å². The van der Waals surface area contributed by atoms with Crippen LogP contribution in [0, 0.1) is 39.6 Å². The van der Waals surface area contributed by atoms with Crippen molar-refractivity contribution < 1.29 is 28.4 Å². The number of hydrogen-bond acceptors (Lipinski definition) is 7. The number of carbonyl (C=O) groups excluding carboxylic acids is 3. The Morgan fingerprint density at radius 1 is 1.22 bits per heavy atom. The molecule has 2 fully saturated rings. The number of nitro benzene ring substituents is 1. The van der Waals surface area contributed by atoms with Gasteiger partial charge >= 0.3 is 5.69 Å². The van der Waals surface area contributed by atoms with Gasteiger partial charge in [0.2, 0.25) is 5.75 Å². The van der Waals surface area contributed by atoms with Gasteiger partial charge in [-0.15, -0.1) is 0 Å². The van der Waals surface area contributed by atoms with Gasteiger partial charge in [-0.3, -0.25) is 24.5 Å². The third-order valence-electron chi connectivity index (χ3n) is 6.47. The molecule has 3 aliphatic rings. The maximum Gasteiger partial charge on any atom is 0.312 e. The van der Waals surface area contributed by atoms with Crippen molar-refractivity contribution in [3.8, 4) is 5.75 Å². The molecule has 10 nitrogen and oxygen atoms in total. The number of nitro groups is 1. The van der Waals surface area contributed by atoms with Gasteiger partial charge in [0.05, 0.1) is 23.0 Å². The Balaban J connectivity index is 1.37. The lowest BCUT2D eigenvalue weighted by Crippen LogP contribution is -2.28. The van der Waals surface area contributed by atoms with Crippen LogP contribution >= 0.6 is 15.9 Å². The third kappa shape index (κ3) is 4.28. The highest BCUT2D eigenvalue weighted by molar-refractivity contribution is 9.10. The molecule has 2 aromatic carbocycles. The Labute approximate surface area is 212 Å². The summed E-state index contributed by atoms with van der Waals surface area (Å²) in [4.78, 5) is 49.0. The number of nitrogens with zero attached hydrogens (tertiary/aromatic N) is 3. The number of anilines is 1. The molecule has 0 spiro atoms. The number of benzene rings is 2. The molecule has 0 aromatic heterocycles. The number of ether oxygens (including phenoxy) is 1. The summed E-state index contributed by atoms with van der Waals surface area (Å²) in [5, 5.41) is 19.0. The number of hydrazone groups is 1. The number of halogens is 2. The lowest BCUT2D eigenvalue weighted by atomic mass is 9.85. The van der Waals surface area contributed by atoms with Gasteiger partial charge in [0, 0.05) is 21.8 Å². The molecule has 1 saturated carbocycles. The highest BCUT2D eigenvalue weighted by Gasteiger charge is 2.59. The van der Waals surface area contributed by atoms with Gasteiger partial charge in [0.15, 0.2) is 6.61 Å². The zero-order valence-corrected chi connectivity index (χ0v) is 20.1. The minimum atomic E-state index is -0.693. The van der Waals surface area contributed by atoms with Crippen molar-refractivity contribution in [2.45, 2.75) is 6.42 Å². The minimum Gasteiger partial charge on any atom is -0.476 e. The first kappa shape index (κ1) is 23.8. The van der Waals surface area contributed by atoms with Crippen molar-refractivity contribution >= 4 is 51.2 Å². The van der Waals surface area contributed by atoms with Crippen molar-refractivity contribution in [1.29, 1.82) is 0 Å². The molecule has 5 rings (SSSR count). The maximum absolute atomic E-state index is 13.4. The van der Waals surface area contributed by atoms with Crippen LogP contribution in [0.15, 0.2) is 58.1 Å². The maximum atomic E-state index is 13.4. The highest BCUT2D eigenvalue weighted by Crippen LogP contribution is 2.52. The smallest absolute Gasteiger partial charge is 0.312 e. The van der Waals surface area contributed by atoms with Crippen molar-refractivity contribution in [3.05, 3.63) is 74.5 Å². The first-order valence-electron chi connectivity index (χ1n) is 11.0. The summed E-state index contributed by atoms with van der Waals surface area (Å²) < 4.78 is 19.2. The van der Waals surface area contributed by atoms with E-state index in [2.05, 4.69) is 26.3 Å². The predicted molar refractivity (Wildman–Crippen MR) is 128 cm³/mol. The standard InChI is InChI=1S/C24H18BrFN4O6/c25-15-7-14(10-27-29-23(32)20-12-4-5-13(6-12)21(20)24(29)33)22(18(8-15)30(34)35)36-11-19(31)28-17-3-1-2-16(26)9-17/h1-5,7-10,12-13,20-21H,6,11H2,(H,28,31)/t12-,13-,20-,21+/m0/s1. The van der Waals surface area contributed by atoms with Crippen LogP contribution in [0.3, 0.4) is 0 Å². The molecule has 2 aliphatic carbocycles. The molecule has 1 N–H and O–H groups in total.